The number of hydrogen-bond acceptors (Lipinski definition) is 5. The van der Waals surface area contributed by atoms with E-state index in [1.54, 1.807) is 12.1 Å². The molecule has 0 aliphatic heterocycles. The third kappa shape index (κ3) is 3.36. The van der Waals surface area contributed by atoms with Gasteiger partial charge in [-0.1, -0.05) is 11.6 Å². The number of carbonyl (C=O) groups excluding carboxylic acids is 1. The predicted octanol–water partition coefficient (Wildman–Crippen LogP) is 2.36. The van der Waals surface area contributed by atoms with Gasteiger partial charge in [0.1, 0.15) is 5.82 Å². The highest BCUT2D eigenvalue weighted by Gasteiger charge is 2.09. The first-order chi connectivity index (χ1) is 9.60. The van der Waals surface area contributed by atoms with E-state index in [4.69, 9.17) is 22.1 Å². The highest BCUT2D eigenvalue weighted by Crippen LogP contribution is 2.18. The summed E-state index contributed by atoms with van der Waals surface area (Å²) in [5, 5.41) is 2.92. The summed E-state index contributed by atoms with van der Waals surface area (Å²) in [6, 6.07) is 4.83. The summed E-state index contributed by atoms with van der Waals surface area (Å²) >= 11 is 5.82. The van der Waals surface area contributed by atoms with Crippen molar-refractivity contribution in [3.05, 3.63) is 41.2 Å². The second kappa shape index (κ2) is 6.21. The Labute approximate surface area is 120 Å². The van der Waals surface area contributed by atoms with Crippen molar-refractivity contribution in [1.82, 2.24) is 9.97 Å². The van der Waals surface area contributed by atoms with Crippen molar-refractivity contribution in [3.8, 4) is 5.88 Å². The first-order valence-electron chi connectivity index (χ1n) is 5.91. The van der Waals surface area contributed by atoms with Gasteiger partial charge in [-0.05, 0) is 19.1 Å². The van der Waals surface area contributed by atoms with E-state index in [9.17, 15) is 4.79 Å². The van der Waals surface area contributed by atoms with Crippen LogP contribution in [0.3, 0.4) is 0 Å². The molecule has 0 aliphatic carbocycles. The number of aromatic nitrogens is 2. The van der Waals surface area contributed by atoms with Crippen LogP contribution < -0.4 is 15.8 Å². The van der Waals surface area contributed by atoms with Gasteiger partial charge in [-0.3, -0.25) is 4.79 Å². The molecule has 0 atom stereocenters. The number of hydrogen-bond donors (Lipinski definition) is 2. The van der Waals surface area contributed by atoms with E-state index >= 15 is 0 Å². The van der Waals surface area contributed by atoms with Crippen LogP contribution in [-0.2, 0) is 0 Å². The number of amides is 1. The average Bonchev–Trinajstić information content (AvgIpc) is 2.44. The van der Waals surface area contributed by atoms with E-state index < -0.39 is 0 Å². The second-order valence-electron chi connectivity index (χ2n) is 3.86. The molecule has 3 N–H and O–H groups in total. The minimum absolute atomic E-state index is 0.186. The highest BCUT2D eigenvalue weighted by atomic mass is 35.5. The zero-order valence-electron chi connectivity index (χ0n) is 10.8. The van der Waals surface area contributed by atoms with Crippen LogP contribution in [0, 0.1) is 0 Å². The maximum absolute atomic E-state index is 12.0. The lowest BCUT2D eigenvalue weighted by atomic mass is 10.2. The van der Waals surface area contributed by atoms with Crippen LogP contribution in [0.5, 0.6) is 5.88 Å². The van der Waals surface area contributed by atoms with Gasteiger partial charge in [0.05, 0.1) is 29.1 Å². The van der Waals surface area contributed by atoms with Crippen LogP contribution in [0.2, 0.25) is 5.02 Å². The third-order valence-corrected chi connectivity index (χ3v) is 2.72. The first-order valence-corrected chi connectivity index (χ1v) is 6.29. The minimum Gasteiger partial charge on any atom is -0.478 e. The van der Waals surface area contributed by atoms with Crippen molar-refractivity contribution in [2.24, 2.45) is 0 Å². The van der Waals surface area contributed by atoms with Gasteiger partial charge in [0.25, 0.3) is 5.91 Å². The van der Waals surface area contributed by atoms with Gasteiger partial charge in [-0.15, -0.1) is 0 Å². The molecule has 0 bridgehead atoms. The number of nitrogens with two attached hydrogens (primary N) is 1. The van der Waals surface area contributed by atoms with Gasteiger partial charge < -0.3 is 15.8 Å². The van der Waals surface area contributed by atoms with Gasteiger partial charge in [-0.2, -0.15) is 0 Å². The number of halogens is 1. The molecule has 104 valence electrons. The zero-order chi connectivity index (χ0) is 14.5. The number of ether oxygens (including phenoxy) is 1. The Morgan fingerprint density at radius 2 is 2.20 bits per heavy atom. The molecule has 0 radical (unpaired) electrons. The Morgan fingerprint density at radius 3 is 2.80 bits per heavy atom. The molecule has 2 heterocycles. The Balaban J connectivity index is 2.08. The van der Waals surface area contributed by atoms with Crippen LogP contribution in [0.25, 0.3) is 0 Å². The van der Waals surface area contributed by atoms with Crippen LogP contribution in [0.15, 0.2) is 30.6 Å². The summed E-state index contributed by atoms with van der Waals surface area (Å²) in [6.45, 7) is 2.41. The topological polar surface area (TPSA) is 90.1 Å². The highest BCUT2D eigenvalue weighted by molar-refractivity contribution is 6.33. The Kier molecular flexibility index (Phi) is 4.37. The van der Waals surface area contributed by atoms with Gasteiger partial charge in [0, 0.05) is 12.3 Å². The lowest BCUT2D eigenvalue weighted by Gasteiger charge is -2.07. The fraction of sp³-hybridized carbons (Fsp3) is 0.154. The zero-order valence-corrected chi connectivity index (χ0v) is 11.5. The van der Waals surface area contributed by atoms with E-state index in [-0.39, 0.29) is 16.7 Å². The minimum atomic E-state index is -0.342. The molecule has 1 amide bonds. The summed E-state index contributed by atoms with van der Waals surface area (Å²) in [4.78, 5) is 19.9. The third-order valence-electron chi connectivity index (χ3n) is 2.42. The van der Waals surface area contributed by atoms with E-state index in [1.807, 2.05) is 6.92 Å². The quantitative estimate of drug-likeness (QED) is 0.903. The first kappa shape index (κ1) is 14.1. The number of anilines is 2. The molecule has 7 heteroatoms. The van der Waals surface area contributed by atoms with Gasteiger partial charge in [0.15, 0.2) is 0 Å². The molecule has 2 aromatic rings. The summed E-state index contributed by atoms with van der Waals surface area (Å²) in [5.74, 6) is 0.346. The van der Waals surface area contributed by atoms with E-state index in [2.05, 4.69) is 15.3 Å². The van der Waals surface area contributed by atoms with Crippen molar-refractivity contribution >= 4 is 29.0 Å². The molecule has 0 fully saturated rings. The molecule has 0 saturated carbocycles. The number of nitrogens with zero attached hydrogens (tertiary/aromatic N) is 2. The largest absolute Gasteiger partial charge is 0.478 e. The van der Waals surface area contributed by atoms with Crippen LogP contribution in [0.1, 0.15) is 17.3 Å². The van der Waals surface area contributed by atoms with E-state index in [0.29, 0.717) is 23.7 Å². The maximum Gasteiger partial charge on any atom is 0.257 e. The molecule has 0 aromatic carbocycles. The molecular formula is C13H13ClN4O2. The molecule has 0 aliphatic rings. The summed E-state index contributed by atoms with van der Waals surface area (Å²) in [7, 11) is 0. The lowest BCUT2D eigenvalue weighted by molar-refractivity contribution is 0.102. The standard InChI is InChI=1S/C13H13ClN4O2/c1-2-20-11-4-3-9(7-16-11)18-13(19)8-5-10(14)12(15)17-6-8/h3-7H,2H2,1H3,(H2,15,17)(H,18,19). The molecule has 6 nitrogen and oxygen atoms in total. The van der Waals surface area contributed by atoms with E-state index in [0.717, 1.165) is 0 Å². The van der Waals surface area contributed by atoms with Gasteiger partial charge >= 0.3 is 0 Å². The molecule has 2 rings (SSSR count). The normalized spacial score (nSPS) is 10.1. The molecule has 0 saturated heterocycles. The number of rotatable bonds is 4. The van der Waals surface area contributed by atoms with Crippen molar-refractivity contribution < 1.29 is 9.53 Å². The van der Waals surface area contributed by atoms with Crippen molar-refractivity contribution in [3.63, 3.8) is 0 Å². The van der Waals surface area contributed by atoms with Gasteiger partial charge in [0.2, 0.25) is 5.88 Å². The fourth-order valence-corrected chi connectivity index (χ4v) is 1.63. The maximum atomic E-state index is 12.0. The molecule has 2 aromatic heterocycles. The molecule has 0 unspecified atom stereocenters. The van der Waals surface area contributed by atoms with Gasteiger partial charge in [-0.25, -0.2) is 9.97 Å². The fourth-order valence-electron chi connectivity index (χ4n) is 1.46. The van der Waals surface area contributed by atoms with Crippen LogP contribution in [-0.4, -0.2) is 22.5 Å². The van der Waals surface area contributed by atoms with Crippen molar-refractivity contribution in [2.75, 3.05) is 17.7 Å². The molecule has 0 spiro atoms. The smallest absolute Gasteiger partial charge is 0.257 e. The van der Waals surface area contributed by atoms with Crippen molar-refractivity contribution in [1.29, 1.82) is 0 Å². The number of pyridine rings is 2. The summed E-state index contributed by atoms with van der Waals surface area (Å²) in [6.07, 6.45) is 2.87. The van der Waals surface area contributed by atoms with Crippen molar-refractivity contribution in [2.45, 2.75) is 6.92 Å². The molecule has 20 heavy (non-hydrogen) atoms. The lowest BCUT2D eigenvalue weighted by Crippen LogP contribution is -2.13. The molecular weight excluding hydrogens is 280 g/mol. The Morgan fingerprint density at radius 1 is 1.40 bits per heavy atom. The Hall–Kier alpha value is -2.34. The second-order valence-corrected chi connectivity index (χ2v) is 4.27. The summed E-state index contributed by atoms with van der Waals surface area (Å²) < 4.78 is 5.21. The SMILES string of the molecule is CCOc1ccc(NC(=O)c2cnc(N)c(Cl)c2)cn1. The summed E-state index contributed by atoms with van der Waals surface area (Å²) in [5.41, 5.74) is 6.35. The Bertz CT molecular complexity index is 616. The van der Waals surface area contributed by atoms with Crippen LogP contribution in [0.4, 0.5) is 11.5 Å². The predicted molar refractivity (Wildman–Crippen MR) is 77.0 cm³/mol. The van der Waals surface area contributed by atoms with E-state index in [1.165, 1.54) is 18.5 Å². The average molecular weight is 293 g/mol. The van der Waals surface area contributed by atoms with Crippen LogP contribution >= 0.6 is 11.6 Å². The number of nitrogens with one attached hydrogen (secondary N) is 1. The number of carbonyl (C=O) groups is 1. The monoisotopic (exact) mass is 292 g/mol. The number of nitrogen functional groups attached to an aromatic ring is 1.